The molecule has 0 aromatic heterocycles. The molecule has 29 heavy (non-hydrogen) atoms. The second-order valence-corrected chi connectivity index (χ2v) is 6.43. The molecule has 0 heterocycles. The summed E-state index contributed by atoms with van der Waals surface area (Å²) in [5.41, 5.74) is 0.865. The van der Waals surface area contributed by atoms with Crippen LogP contribution in [-0.4, -0.2) is 43.0 Å². The van der Waals surface area contributed by atoms with E-state index >= 15 is 0 Å². The van der Waals surface area contributed by atoms with Gasteiger partial charge in [0.05, 0.1) is 7.11 Å². The van der Waals surface area contributed by atoms with Crippen molar-refractivity contribution in [3.63, 3.8) is 0 Å². The number of carbonyl (C=O) groups excluding carboxylic acids is 2. The molecule has 0 fully saturated rings. The summed E-state index contributed by atoms with van der Waals surface area (Å²) >= 11 is 0. The van der Waals surface area contributed by atoms with Crippen LogP contribution in [0.5, 0.6) is 11.5 Å². The minimum absolute atomic E-state index is 0.210. The van der Waals surface area contributed by atoms with Crippen LogP contribution in [0.3, 0.4) is 0 Å². The predicted molar refractivity (Wildman–Crippen MR) is 108 cm³/mol. The number of halogens is 1. The topological polar surface area (TPSA) is 67.9 Å². The Morgan fingerprint density at radius 1 is 1.03 bits per heavy atom. The van der Waals surface area contributed by atoms with Crippen molar-refractivity contribution < 1.29 is 23.5 Å². The zero-order valence-corrected chi connectivity index (χ0v) is 17.0. The molecule has 2 rings (SSSR count). The third-order valence-electron chi connectivity index (χ3n) is 4.42. The molecule has 0 saturated carbocycles. The van der Waals surface area contributed by atoms with Crippen LogP contribution in [0.2, 0.25) is 0 Å². The quantitative estimate of drug-likeness (QED) is 0.663. The minimum Gasteiger partial charge on any atom is -0.497 e. The third-order valence-corrected chi connectivity index (χ3v) is 4.42. The molecule has 0 saturated heterocycles. The van der Waals surface area contributed by atoms with Gasteiger partial charge in [-0.1, -0.05) is 19.1 Å². The molecule has 2 amide bonds. The summed E-state index contributed by atoms with van der Waals surface area (Å²) < 4.78 is 23.7. The summed E-state index contributed by atoms with van der Waals surface area (Å²) in [6.45, 7) is 4.17. The van der Waals surface area contributed by atoms with Crippen molar-refractivity contribution in [2.75, 3.05) is 20.3 Å². The highest BCUT2D eigenvalue weighted by Gasteiger charge is 2.28. The van der Waals surface area contributed by atoms with Gasteiger partial charge in [-0.25, -0.2) is 4.39 Å². The number of benzene rings is 2. The van der Waals surface area contributed by atoms with Crippen LogP contribution in [0.1, 0.15) is 25.8 Å². The highest BCUT2D eigenvalue weighted by atomic mass is 19.1. The summed E-state index contributed by atoms with van der Waals surface area (Å²) in [5, 5.41) is 2.78. The molecule has 0 bridgehead atoms. The van der Waals surface area contributed by atoms with Crippen LogP contribution in [-0.2, 0) is 16.1 Å². The molecule has 1 atom stereocenters. The molecule has 0 aliphatic carbocycles. The van der Waals surface area contributed by atoms with Gasteiger partial charge in [-0.3, -0.25) is 9.59 Å². The first-order chi connectivity index (χ1) is 14.0. The van der Waals surface area contributed by atoms with Crippen LogP contribution < -0.4 is 14.8 Å². The van der Waals surface area contributed by atoms with Gasteiger partial charge in [-0.15, -0.1) is 0 Å². The Hall–Kier alpha value is -3.09. The molecule has 6 nitrogen and oxygen atoms in total. The lowest BCUT2D eigenvalue weighted by molar-refractivity contribution is -0.142. The van der Waals surface area contributed by atoms with Crippen LogP contribution in [0.25, 0.3) is 0 Å². The minimum atomic E-state index is -0.624. The lowest BCUT2D eigenvalue weighted by atomic mass is 10.1. The molecular formula is C22H27FN2O4. The van der Waals surface area contributed by atoms with Gasteiger partial charge >= 0.3 is 0 Å². The first kappa shape index (κ1) is 22.2. The Balaban J connectivity index is 2.17. The van der Waals surface area contributed by atoms with E-state index < -0.39 is 6.04 Å². The summed E-state index contributed by atoms with van der Waals surface area (Å²) in [6.07, 6.45) is 0.463. The van der Waals surface area contributed by atoms with Gasteiger partial charge in [-0.2, -0.15) is 0 Å². The Bertz CT molecular complexity index is 793. The smallest absolute Gasteiger partial charge is 0.261 e. The largest absolute Gasteiger partial charge is 0.497 e. The summed E-state index contributed by atoms with van der Waals surface area (Å²) in [4.78, 5) is 27.0. The van der Waals surface area contributed by atoms with E-state index in [0.717, 1.165) is 5.56 Å². The van der Waals surface area contributed by atoms with Gasteiger partial charge in [0.25, 0.3) is 5.91 Å². The van der Waals surface area contributed by atoms with Gasteiger partial charge in [0.1, 0.15) is 23.4 Å². The maximum Gasteiger partial charge on any atom is 0.261 e. The number of hydrogen-bond donors (Lipinski definition) is 1. The number of rotatable bonds is 10. The number of carbonyl (C=O) groups is 2. The zero-order valence-electron chi connectivity index (χ0n) is 17.0. The van der Waals surface area contributed by atoms with Crippen LogP contribution in [0.15, 0.2) is 48.5 Å². The lowest BCUT2D eigenvalue weighted by Gasteiger charge is -2.30. The van der Waals surface area contributed by atoms with Crippen molar-refractivity contribution in [1.82, 2.24) is 10.2 Å². The van der Waals surface area contributed by atoms with E-state index in [1.807, 2.05) is 26.0 Å². The van der Waals surface area contributed by atoms with Gasteiger partial charge < -0.3 is 19.7 Å². The molecule has 1 N–H and O–H groups in total. The second-order valence-electron chi connectivity index (χ2n) is 6.43. The van der Waals surface area contributed by atoms with E-state index in [0.29, 0.717) is 24.5 Å². The van der Waals surface area contributed by atoms with Gasteiger partial charge in [-0.05, 0) is 55.3 Å². The number of nitrogens with one attached hydrogen (secondary N) is 1. The Morgan fingerprint density at radius 3 is 2.21 bits per heavy atom. The molecule has 7 heteroatoms. The number of hydrogen-bond acceptors (Lipinski definition) is 4. The van der Waals surface area contributed by atoms with E-state index in [9.17, 15) is 14.0 Å². The number of likely N-dealkylation sites (N-methyl/N-ethyl adjacent to an activating group) is 1. The summed E-state index contributed by atoms with van der Waals surface area (Å²) in [6, 6.07) is 12.1. The van der Waals surface area contributed by atoms with E-state index in [1.54, 1.807) is 19.2 Å². The fourth-order valence-corrected chi connectivity index (χ4v) is 2.90. The monoisotopic (exact) mass is 402 g/mol. The number of nitrogens with zero attached hydrogens (tertiary/aromatic N) is 1. The summed E-state index contributed by atoms with van der Waals surface area (Å²) in [7, 11) is 1.58. The van der Waals surface area contributed by atoms with Crippen molar-refractivity contribution in [2.45, 2.75) is 32.9 Å². The Labute approximate surface area is 170 Å². The third kappa shape index (κ3) is 6.48. The maximum absolute atomic E-state index is 13.0. The number of methoxy groups -OCH3 is 1. The van der Waals surface area contributed by atoms with E-state index in [-0.39, 0.29) is 30.8 Å². The molecule has 0 aliphatic rings. The van der Waals surface area contributed by atoms with E-state index in [4.69, 9.17) is 9.47 Å². The fraction of sp³-hybridized carbons (Fsp3) is 0.364. The summed E-state index contributed by atoms with van der Waals surface area (Å²) in [5.74, 6) is 0.172. The first-order valence-corrected chi connectivity index (χ1v) is 9.56. The molecule has 1 unspecified atom stereocenters. The highest BCUT2D eigenvalue weighted by molar-refractivity contribution is 5.88. The first-order valence-electron chi connectivity index (χ1n) is 9.56. The average molecular weight is 402 g/mol. The Kier molecular flexibility index (Phi) is 8.45. The van der Waals surface area contributed by atoms with Crippen LogP contribution in [0, 0.1) is 5.82 Å². The number of ether oxygens (including phenoxy) is 2. The normalized spacial score (nSPS) is 11.4. The second kappa shape index (κ2) is 11.0. The van der Waals surface area contributed by atoms with Crippen molar-refractivity contribution >= 4 is 11.8 Å². The van der Waals surface area contributed by atoms with Gasteiger partial charge in [0, 0.05) is 13.1 Å². The van der Waals surface area contributed by atoms with Crippen LogP contribution in [0.4, 0.5) is 4.39 Å². The van der Waals surface area contributed by atoms with Gasteiger partial charge in [0.15, 0.2) is 6.61 Å². The zero-order chi connectivity index (χ0) is 21.2. The van der Waals surface area contributed by atoms with E-state index in [2.05, 4.69) is 5.32 Å². The van der Waals surface area contributed by atoms with Crippen molar-refractivity contribution in [3.05, 3.63) is 59.9 Å². The SMILES string of the molecule is CCNC(=O)C(CC)N(Cc1ccc(OC)cc1)C(=O)COc1ccc(F)cc1. The predicted octanol–water partition coefficient (Wildman–Crippen LogP) is 3.16. The maximum atomic E-state index is 13.0. The highest BCUT2D eigenvalue weighted by Crippen LogP contribution is 2.17. The lowest BCUT2D eigenvalue weighted by Crippen LogP contribution is -2.50. The van der Waals surface area contributed by atoms with Crippen molar-refractivity contribution in [3.8, 4) is 11.5 Å². The molecule has 156 valence electrons. The van der Waals surface area contributed by atoms with Gasteiger partial charge in [0.2, 0.25) is 5.91 Å². The molecule has 0 spiro atoms. The molecular weight excluding hydrogens is 375 g/mol. The average Bonchev–Trinajstić information content (AvgIpc) is 2.73. The molecule has 2 aromatic rings. The van der Waals surface area contributed by atoms with E-state index in [1.165, 1.54) is 29.2 Å². The fourth-order valence-electron chi connectivity index (χ4n) is 2.90. The molecule has 0 aliphatic heterocycles. The standard InChI is InChI=1S/C22H27FN2O4/c1-4-20(22(27)24-5-2)25(14-16-6-10-18(28-3)11-7-16)21(26)15-29-19-12-8-17(23)9-13-19/h6-13,20H,4-5,14-15H2,1-3H3,(H,24,27). The molecule has 2 aromatic carbocycles. The number of amides is 2. The van der Waals surface area contributed by atoms with Crippen LogP contribution >= 0.6 is 0 Å². The van der Waals surface area contributed by atoms with Crippen molar-refractivity contribution in [2.24, 2.45) is 0 Å². The van der Waals surface area contributed by atoms with Crippen molar-refractivity contribution in [1.29, 1.82) is 0 Å². The molecule has 0 radical (unpaired) electrons. The Morgan fingerprint density at radius 2 is 1.66 bits per heavy atom.